The number of nitrogens with one attached hydrogen (secondary N) is 2. The zero-order valence-electron chi connectivity index (χ0n) is 24.4. The van der Waals surface area contributed by atoms with Gasteiger partial charge in [0.25, 0.3) is 11.8 Å². The highest BCUT2D eigenvalue weighted by Gasteiger charge is 2.43. The number of amides is 2. The third-order valence-electron chi connectivity index (χ3n) is 7.62. The molecule has 0 saturated carbocycles. The Hall–Kier alpha value is -2.59. The molecule has 0 radical (unpaired) electrons. The zero-order chi connectivity index (χ0) is 30.3. The van der Waals surface area contributed by atoms with Crippen molar-refractivity contribution in [3.05, 3.63) is 51.6 Å². The number of benzene rings is 1. The molecule has 0 aliphatic carbocycles. The van der Waals surface area contributed by atoms with Crippen LogP contribution in [0.4, 0.5) is 5.82 Å². The number of carbonyl (C=O) groups is 2. The number of anilines is 1. The summed E-state index contributed by atoms with van der Waals surface area (Å²) in [5, 5.41) is 26.8. The SMILES string of the molecule is CC(C)(O)CNC(=O)c1ccc(N2C3CCC2CC(NC(=O)C(C)(C)Oc2cc(C(C)(C)O)c(Cl)cc2Cl)C3)nc1. The minimum atomic E-state index is -1.23. The molecule has 2 aliphatic rings. The molecule has 1 aromatic carbocycles. The average Bonchev–Trinajstić information content (AvgIpc) is 3.13. The second-order valence-electron chi connectivity index (χ2n) is 12.8. The molecule has 2 fully saturated rings. The largest absolute Gasteiger partial charge is 0.476 e. The van der Waals surface area contributed by atoms with Crippen molar-refractivity contribution in [2.75, 3.05) is 11.4 Å². The molecule has 224 valence electrons. The fraction of sp³-hybridized carbons (Fsp3) is 0.567. The summed E-state index contributed by atoms with van der Waals surface area (Å²) in [5.41, 5.74) is -2.54. The van der Waals surface area contributed by atoms with Crippen LogP contribution in [0.25, 0.3) is 0 Å². The van der Waals surface area contributed by atoms with Gasteiger partial charge in [0.05, 0.1) is 21.8 Å². The molecule has 4 rings (SSSR count). The summed E-state index contributed by atoms with van der Waals surface area (Å²) in [4.78, 5) is 32.6. The Bertz CT molecular complexity index is 1270. The summed E-state index contributed by atoms with van der Waals surface area (Å²) in [7, 11) is 0. The van der Waals surface area contributed by atoms with Gasteiger partial charge in [-0.3, -0.25) is 9.59 Å². The molecule has 41 heavy (non-hydrogen) atoms. The molecule has 2 atom stereocenters. The number of fused-ring (bicyclic) bond motifs is 2. The lowest BCUT2D eigenvalue weighted by molar-refractivity contribution is -0.135. The van der Waals surface area contributed by atoms with Gasteiger partial charge >= 0.3 is 0 Å². The molecule has 2 saturated heterocycles. The van der Waals surface area contributed by atoms with Crippen LogP contribution in [-0.2, 0) is 10.4 Å². The van der Waals surface area contributed by atoms with Crippen LogP contribution in [0.1, 0.15) is 83.1 Å². The van der Waals surface area contributed by atoms with E-state index >= 15 is 0 Å². The van der Waals surface area contributed by atoms with Crippen molar-refractivity contribution in [2.24, 2.45) is 0 Å². The summed E-state index contributed by atoms with van der Waals surface area (Å²) < 4.78 is 6.07. The highest BCUT2D eigenvalue weighted by molar-refractivity contribution is 6.36. The first-order valence-electron chi connectivity index (χ1n) is 13.9. The van der Waals surface area contributed by atoms with E-state index in [-0.39, 0.29) is 47.3 Å². The minimum absolute atomic E-state index is 0.0290. The van der Waals surface area contributed by atoms with Gasteiger partial charge in [-0.25, -0.2) is 4.98 Å². The molecule has 2 unspecified atom stereocenters. The zero-order valence-corrected chi connectivity index (χ0v) is 25.9. The molecule has 2 aliphatic heterocycles. The van der Waals surface area contributed by atoms with Gasteiger partial charge in [-0.2, -0.15) is 0 Å². The van der Waals surface area contributed by atoms with Crippen LogP contribution in [0.3, 0.4) is 0 Å². The fourth-order valence-corrected chi connectivity index (χ4v) is 6.15. The van der Waals surface area contributed by atoms with Crippen molar-refractivity contribution in [3.8, 4) is 5.75 Å². The van der Waals surface area contributed by atoms with Crippen LogP contribution in [0.15, 0.2) is 30.5 Å². The van der Waals surface area contributed by atoms with Crippen LogP contribution in [0, 0.1) is 0 Å². The van der Waals surface area contributed by atoms with E-state index in [9.17, 15) is 19.8 Å². The van der Waals surface area contributed by atoms with E-state index in [4.69, 9.17) is 27.9 Å². The number of hydrogen-bond donors (Lipinski definition) is 4. The second-order valence-corrected chi connectivity index (χ2v) is 13.6. The van der Waals surface area contributed by atoms with Crippen LogP contribution < -0.4 is 20.3 Å². The molecular weight excluding hydrogens is 567 g/mol. The van der Waals surface area contributed by atoms with Gasteiger partial charge in [0, 0.05) is 41.5 Å². The van der Waals surface area contributed by atoms with Crippen LogP contribution in [0.2, 0.25) is 10.0 Å². The Labute approximate surface area is 251 Å². The quantitative estimate of drug-likeness (QED) is 0.329. The normalized spacial score (nSPS) is 21.0. The average molecular weight is 608 g/mol. The van der Waals surface area contributed by atoms with Gasteiger partial charge in [-0.15, -0.1) is 0 Å². The predicted octanol–water partition coefficient (Wildman–Crippen LogP) is 4.59. The number of pyridine rings is 1. The Morgan fingerprint density at radius 3 is 2.20 bits per heavy atom. The second kappa shape index (κ2) is 11.6. The van der Waals surface area contributed by atoms with Crippen LogP contribution >= 0.6 is 23.2 Å². The van der Waals surface area contributed by atoms with Crippen molar-refractivity contribution in [1.82, 2.24) is 15.6 Å². The van der Waals surface area contributed by atoms with E-state index < -0.39 is 16.8 Å². The molecule has 9 nitrogen and oxygen atoms in total. The van der Waals surface area contributed by atoms with Crippen LogP contribution in [-0.4, -0.2) is 62.9 Å². The number of nitrogens with zero attached hydrogens (tertiary/aromatic N) is 2. The monoisotopic (exact) mass is 606 g/mol. The number of hydrogen-bond acceptors (Lipinski definition) is 7. The molecular formula is C30H40Cl2N4O5. The van der Waals surface area contributed by atoms with Gasteiger partial charge in [-0.05, 0) is 91.5 Å². The minimum Gasteiger partial charge on any atom is -0.476 e. The predicted molar refractivity (Wildman–Crippen MR) is 160 cm³/mol. The third kappa shape index (κ3) is 7.44. The maximum absolute atomic E-state index is 13.4. The maximum Gasteiger partial charge on any atom is 0.263 e. The van der Waals surface area contributed by atoms with Crippen molar-refractivity contribution < 1.29 is 24.5 Å². The number of aromatic nitrogens is 1. The number of aliphatic hydroxyl groups is 2. The van der Waals surface area contributed by atoms with E-state index in [0.29, 0.717) is 16.1 Å². The Morgan fingerprint density at radius 1 is 1.02 bits per heavy atom. The topological polar surface area (TPSA) is 124 Å². The van der Waals surface area contributed by atoms with E-state index in [0.717, 1.165) is 31.5 Å². The van der Waals surface area contributed by atoms with Crippen molar-refractivity contribution >= 4 is 40.8 Å². The lowest BCUT2D eigenvalue weighted by Gasteiger charge is -2.41. The Morgan fingerprint density at radius 2 is 1.66 bits per heavy atom. The number of rotatable bonds is 9. The number of ether oxygens (including phenoxy) is 1. The molecule has 2 bridgehead atoms. The first-order chi connectivity index (χ1) is 18.9. The molecule has 1 aromatic heterocycles. The van der Waals surface area contributed by atoms with Gasteiger partial charge in [0.1, 0.15) is 11.6 Å². The summed E-state index contributed by atoms with van der Waals surface area (Å²) in [6.45, 7) is 10.0. The molecule has 0 spiro atoms. The van der Waals surface area contributed by atoms with E-state index in [1.54, 1.807) is 59.9 Å². The highest BCUT2D eigenvalue weighted by Crippen LogP contribution is 2.40. The molecule has 11 heteroatoms. The van der Waals surface area contributed by atoms with E-state index in [1.165, 1.54) is 6.07 Å². The summed E-state index contributed by atoms with van der Waals surface area (Å²) >= 11 is 12.6. The van der Waals surface area contributed by atoms with Gasteiger partial charge in [0.2, 0.25) is 0 Å². The third-order valence-corrected chi connectivity index (χ3v) is 8.23. The molecule has 4 N–H and O–H groups in total. The van der Waals surface area contributed by atoms with Crippen molar-refractivity contribution in [2.45, 2.75) is 102 Å². The molecule has 3 heterocycles. The number of carbonyl (C=O) groups excluding carboxylic acids is 2. The lowest BCUT2D eigenvalue weighted by Crippen LogP contribution is -2.55. The van der Waals surface area contributed by atoms with E-state index in [2.05, 4.69) is 20.5 Å². The molecule has 2 aromatic rings. The number of halogens is 2. The highest BCUT2D eigenvalue weighted by atomic mass is 35.5. The maximum atomic E-state index is 13.4. The van der Waals surface area contributed by atoms with Gasteiger partial charge in [-0.1, -0.05) is 23.2 Å². The summed E-state index contributed by atoms with van der Waals surface area (Å²) in [5.74, 6) is 0.541. The standard InChI is InChI=1S/C30H40Cl2N4O5/c1-28(2,39)16-34-26(37)17-7-10-25(33-15-17)36-19-8-9-20(36)12-18(11-19)35-27(38)30(5,6)41-24-13-21(29(3,4)40)22(31)14-23(24)32/h7,10,13-15,18-20,39-40H,8-9,11-12,16H2,1-6H3,(H,34,37)(H,35,38). The van der Waals surface area contributed by atoms with Gasteiger partial charge in [0.15, 0.2) is 5.60 Å². The lowest BCUT2D eigenvalue weighted by atomic mass is 9.96. The van der Waals surface area contributed by atoms with Crippen LogP contribution in [0.5, 0.6) is 5.75 Å². The fourth-order valence-electron chi connectivity index (χ4n) is 5.50. The number of piperidine rings is 1. The first-order valence-corrected chi connectivity index (χ1v) is 14.7. The van der Waals surface area contributed by atoms with Crippen molar-refractivity contribution in [1.29, 1.82) is 0 Å². The summed E-state index contributed by atoms with van der Waals surface area (Å²) in [6, 6.07) is 7.09. The molecule has 2 amide bonds. The summed E-state index contributed by atoms with van der Waals surface area (Å²) in [6.07, 6.45) is 5.07. The van der Waals surface area contributed by atoms with E-state index in [1.807, 2.05) is 6.07 Å². The smallest absolute Gasteiger partial charge is 0.263 e. The van der Waals surface area contributed by atoms with Gasteiger partial charge < -0.3 is 30.5 Å². The Kier molecular flexibility index (Phi) is 8.86. The van der Waals surface area contributed by atoms with Crippen molar-refractivity contribution in [3.63, 3.8) is 0 Å². The first kappa shape index (κ1) is 31.3. The Balaban J connectivity index is 1.38.